The van der Waals surface area contributed by atoms with Crippen LogP contribution < -0.4 is 5.32 Å². The van der Waals surface area contributed by atoms with Gasteiger partial charge in [0.1, 0.15) is 0 Å². The van der Waals surface area contributed by atoms with E-state index in [0.717, 1.165) is 18.5 Å². The van der Waals surface area contributed by atoms with Gasteiger partial charge in [0.05, 0.1) is 4.90 Å². The van der Waals surface area contributed by atoms with Crippen LogP contribution in [0.1, 0.15) is 12.0 Å². The molecule has 1 atom stereocenters. The molecule has 0 unspecified atom stereocenters. The number of rotatable bonds is 3. The van der Waals surface area contributed by atoms with E-state index in [1.54, 1.807) is 26.1 Å². The quantitative estimate of drug-likeness (QED) is 0.920. The van der Waals surface area contributed by atoms with Crippen molar-refractivity contribution in [1.29, 1.82) is 0 Å². The van der Waals surface area contributed by atoms with Crippen molar-refractivity contribution >= 4 is 21.6 Å². The summed E-state index contributed by atoms with van der Waals surface area (Å²) >= 11 is 5.89. The minimum absolute atomic E-state index is 0.0216. The van der Waals surface area contributed by atoms with Crippen molar-refractivity contribution in [3.05, 3.63) is 28.8 Å². The molecule has 1 heterocycles. The summed E-state index contributed by atoms with van der Waals surface area (Å²) in [5.74, 6) is 0. The minimum atomic E-state index is -3.47. The van der Waals surface area contributed by atoms with Crippen molar-refractivity contribution in [2.45, 2.75) is 24.3 Å². The third kappa shape index (κ3) is 2.54. The van der Waals surface area contributed by atoms with E-state index in [9.17, 15) is 8.42 Å². The largest absolute Gasteiger partial charge is 0.315 e. The molecule has 0 bridgehead atoms. The number of aryl methyl sites for hydroxylation is 1. The molecule has 0 amide bonds. The second kappa shape index (κ2) is 5.17. The first-order chi connectivity index (χ1) is 8.43. The number of benzene rings is 1. The van der Waals surface area contributed by atoms with Crippen LogP contribution in [-0.4, -0.2) is 38.9 Å². The van der Waals surface area contributed by atoms with Crippen LogP contribution in [0, 0.1) is 6.92 Å². The molecule has 1 aliphatic heterocycles. The average molecular weight is 289 g/mol. The zero-order valence-electron chi connectivity index (χ0n) is 10.5. The van der Waals surface area contributed by atoms with Crippen LogP contribution >= 0.6 is 11.6 Å². The van der Waals surface area contributed by atoms with Gasteiger partial charge in [-0.25, -0.2) is 8.42 Å². The summed E-state index contributed by atoms with van der Waals surface area (Å²) in [6, 6.07) is 4.97. The van der Waals surface area contributed by atoms with Crippen molar-refractivity contribution in [1.82, 2.24) is 9.62 Å². The maximum Gasteiger partial charge on any atom is 0.243 e. The smallest absolute Gasteiger partial charge is 0.243 e. The number of likely N-dealkylation sites (N-methyl/N-ethyl adjacent to an activating group) is 1. The molecule has 1 aromatic rings. The second-order valence-corrected chi connectivity index (χ2v) is 6.98. The number of hydrogen-bond donors (Lipinski definition) is 1. The van der Waals surface area contributed by atoms with Crippen molar-refractivity contribution < 1.29 is 8.42 Å². The molecule has 1 fully saturated rings. The Labute approximate surface area is 113 Å². The maximum absolute atomic E-state index is 12.5. The van der Waals surface area contributed by atoms with Gasteiger partial charge in [-0.05, 0) is 37.6 Å². The Bertz CT molecular complexity index is 539. The minimum Gasteiger partial charge on any atom is -0.315 e. The van der Waals surface area contributed by atoms with E-state index in [0.29, 0.717) is 16.5 Å². The molecule has 0 aromatic heterocycles. The molecule has 4 nitrogen and oxygen atoms in total. The number of sulfonamides is 1. The second-order valence-electron chi connectivity index (χ2n) is 4.58. The third-order valence-corrected chi connectivity index (χ3v) is 5.64. The molecule has 6 heteroatoms. The normalized spacial score (nSPS) is 20.6. The Hall–Kier alpha value is -0.620. The van der Waals surface area contributed by atoms with E-state index in [1.807, 2.05) is 0 Å². The lowest BCUT2D eigenvalue weighted by molar-refractivity contribution is 0.387. The van der Waals surface area contributed by atoms with E-state index >= 15 is 0 Å². The molecule has 1 N–H and O–H groups in total. The SMILES string of the molecule is Cc1ccc(Cl)cc1S(=O)(=O)N(C)[C@H]1CCNC1. The monoisotopic (exact) mass is 288 g/mol. The average Bonchev–Trinajstić information content (AvgIpc) is 2.84. The zero-order chi connectivity index (χ0) is 13.3. The van der Waals surface area contributed by atoms with Gasteiger partial charge in [-0.15, -0.1) is 0 Å². The molecule has 2 rings (SSSR count). The lowest BCUT2D eigenvalue weighted by atomic mass is 10.2. The maximum atomic E-state index is 12.5. The van der Waals surface area contributed by atoms with Gasteiger partial charge in [-0.3, -0.25) is 0 Å². The molecule has 1 aliphatic rings. The molecule has 0 radical (unpaired) electrons. The summed E-state index contributed by atoms with van der Waals surface area (Å²) in [5, 5.41) is 3.61. The molecule has 18 heavy (non-hydrogen) atoms. The summed E-state index contributed by atoms with van der Waals surface area (Å²) in [4.78, 5) is 0.296. The van der Waals surface area contributed by atoms with Crippen molar-refractivity contribution in [3.8, 4) is 0 Å². The lowest BCUT2D eigenvalue weighted by Crippen LogP contribution is -2.38. The Balaban J connectivity index is 2.37. The highest BCUT2D eigenvalue weighted by Crippen LogP contribution is 2.25. The van der Waals surface area contributed by atoms with Gasteiger partial charge in [-0.2, -0.15) is 4.31 Å². The van der Waals surface area contributed by atoms with Gasteiger partial charge in [0.2, 0.25) is 10.0 Å². The van der Waals surface area contributed by atoms with Gasteiger partial charge in [0.25, 0.3) is 0 Å². The number of nitrogens with zero attached hydrogens (tertiary/aromatic N) is 1. The molecule has 0 spiro atoms. The summed E-state index contributed by atoms with van der Waals surface area (Å²) < 4.78 is 26.5. The number of halogens is 1. The fraction of sp³-hybridized carbons (Fsp3) is 0.500. The number of hydrogen-bond acceptors (Lipinski definition) is 3. The molecule has 0 aliphatic carbocycles. The Morgan fingerprint density at radius 3 is 2.78 bits per heavy atom. The van der Waals surface area contributed by atoms with Gasteiger partial charge in [-0.1, -0.05) is 17.7 Å². The fourth-order valence-corrected chi connectivity index (χ4v) is 4.02. The van der Waals surface area contributed by atoms with E-state index in [4.69, 9.17) is 11.6 Å². The van der Waals surface area contributed by atoms with Crippen LogP contribution in [0.2, 0.25) is 5.02 Å². The van der Waals surface area contributed by atoms with Gasteiger partial charge >= 0.3 is 0 Å². The van der Waals surface area contributed by atoms with Crippen LogP contribution in [0.3, 0.4) is 0 Å². The molecule has 100 valence electrons. The lowest BCUT2D eigenvalue weighted by Gasteiger charge is -2.24. The first-order valence-electron chi connectivity index (χ1n) is 5.88. The topological polar surface area (TPSA) is 49.4 Å². The number of nitrogens with one attached hydrogen (secondary N) is 1. The van der Waals surface area contributed by atoms with Crippen molar-refractivity contribution in [3.63, 3.8) is 0 Å². The van der Waals surface area contributed by atoms with Gasteiger partial charge in [0.15, 0.2) is 0 Å². The third-order valence-electron chi connectivity index (χ3n) is 3.36. The Morgan fingerprint density at radius 1 is 1.44 bits per heavy atom. The predicted molar refractivity (Wildman–Crippen MR) is 72.4 cm³/mol. The van der Waals surface area contributed by atoms with Crippen LogP contribution in [0.5, 0.6) is 0 Å². The van der Waals surface area contributed by atoms with Crippen LogP contribution in [0.4, 0.5) is 0 Å². The van der Waals surface area contributed by atoms with Gasteiger partial charge in [0, 0.05) is 24.7 Å². The van der Waals surface area contributed by atoms with Crippen LogP contribution in [0.15, 0.2) is 23.1 Å². The standard InChI is InChI=1S/C12H17ClN2O2S/c1-9-3-4-10(13)7-12(9)18(16,17)15(2)11-5-6-14-8-11/h3-4,7,11,14H,5-6,8H2,1-2H3/t11-/m0/s1. The summed E-state index contributed by atoms with van der Waals surface area (Å²) in [5.41, 5.74) is 0.720. The fourth-order valence-electron chi connectivity index (χ4n) is 2.15. The first kappa shape index (κ1) is 13.8. The van der Waals surface area contributed by atoms with E-state index in [1.165, 1.54) is 10.4 Å². The van der Waals surface area contributed by atoms with Crippen LogP contribution in [-0.2, 0) is 10.0 Å². The van der Waals surface area contributed by atoms with Crippen molar-refractivity contribution in [2.75, 3.05) is 20.1 Å². The zero-order valence-corrected chi connectivity index (χ0v) is 12.1. The van der Waals surface area contributed by atoms with E-state index < -0.39 is 10.0 Å². The highest BCUT2D eigenvalue weighted by Gasteiger charge is 2.30. The Morgan fingerprint density at radius 2 is 2.17 bits per heavy atom. The first-order valence-corrected chi connectivity index (χ1v) is 7.69. The van der Waals surface area contributed by atoms with Crippen molar-refractivity contribution in [2.24, 2.45) is 0 Å². The molecular weight excluding hydrogens is 272 g/mol. The summed E-state index contributed by atoms with van der Waals surface area (Å²) in [6.07, 6.45) is 0.843. The highest BCUT2D eigenvalue weighted by atomic mass is 35.5. The summed E-state index contributed by atoms with van der Waals surface area (Å²) in [6.45, 7) is 3.35. The summed E-state index contributed by atoms with van der Waals surface area (Å²) in [7, 11) is -1.83. The molecule has 0 saturated carbocycles. The molecule has 1 aromatic carbocycles. The predicted octanol–water partition coefficient (Wildman–Crippen LogP) is 1.63. The van der Waals surface area contributed by atoms with Crippen LogP contribution in [0.25, 0.3) is 0 Å². The van der Waals surface area contributed by atoms with E-state index in [2.05, 4.69) is 5.32 Å². The molecule has 1 saturated heterocycles. The van der Waals surface area contributed by atoms with Gasteiger partial charge < -0.3 is 5.32 Å². The Kier molecular flexibility index (Phi) is 3.96. The highest BCUT2D eigenvalue weighted by molar-refractivity contribution is 7.89. The molecular formula is C12H17ClN2O2S. The van der Waals surface area contributed by atoms with E-state index in [-0.39, 0.29) is 6.04 Å².